The lowest BCUT2D eigenvalue weighted by Gasteiger charge is -2.09. The van der Waals surface area contributed by atoms with Crippen LogP contribution in [0, 0.1) is 0 Å². The standard InChI is InChI=1S/C13H7F3N4O3/c14-13(15,16)23-8-2-1-6-5-17-9(4-7(6)3-8)10-11(12(21)22)19-20-18-10/h1-5H,(H,21,22)(H,18,19,20). The van der Waals surface area contributed by atoms with E-state index < -0.39 is 12.3 Å². The minimum atomic E-state index is -4.80. The van der Waals surface area contributed by atoms with Crippen LogP contribution < -0.4 is 4.74 Å². The van der Waals surface area contributed by atoms with Gasteiger partial charge >= 0.3 is 12.3 Å². The number of carbonyl (C=O) groups is 1. The first kappa shape index (κ1) is 14.8. The monoisotopic (exact) mass is 324 g/mol. The quantitative estimate of drug-likeness (QED) is 0.768. The van der Waals surface area contributed by atoms with Crippen LogP contribution in [0.4, 0.5) is 13.2 Å². The van der Waals surface area contributed by atoms with E-state index in [0.717, 1.165) is 6.07 Å². The lowest BCUT2D eigenvalue weighted by atomic mass is 10.1. The predicted molar refractivity (Wildman–Crippen MR) is 70.8 cm³/mol. The fourth-order valence-electron chi connectivity index (χ4n) is 2.00. The molecule has 0 aliphatic rings. The molecule has 0 radical (unpaired) electrons. The van der Waals surface area contributed by atoms with Gasteiger partial charge in [0.1, 0.15) is 11.4 Å². The van der Waals surface area contributed by atoms with Gasteiger partial charge in [0.2, 0.25) is 0 Å². The number of hydrogen-bond acceptors (Lipinski definition) is 5. The summed E-state index contributed by atoms with van der Waals surface area (Å²) >= 11 is 0. The van der Waals surface area contributed by atoms with Crippen LogP contribution in [-0.2, 0) is 0 Å². The number of ether oxygens (including phenoxy) is 1. The Morgan fingerprint density at radius 2 is 1.96 bits per heavy atom. The molecule has 0 atom stereocenters. The number of pyridine rings is 1. The van der Waals surface area contributed by atoms with Crippen molar-refractivity contribution >= 4 is 16.7 Å². The summed E-state index contributed by atoms with van der Waals surface area (Å²) in [6, 6.07) is 5.15. The third-order valence-electron chi connectivity index (χ3n) is 2.92. The molecule has 0 bridgehead atoms. The maximum absolute atomic E-state index is 12.3. The van der Waals surface area contributed by atoms with Crippen molar-refractivity contribution in [2.45, 2.75) is 6.36 Å². The van der Waals surface area contributed by atoms with Crippen molar-refractivity contribution in [3.05, 3.63) is 36.2 Å². The SMILES string of the molecule is O=C(O)c1n[nH]nc1-c1cc2cc(OC(F)(F)F)ccc2cn1. The number of halogens is 3. The second kappa shape index (κ2) is 5.23. The molecule has 7 nitrogen and oxygen atoms in total. The summed E-state index contributed by atoms with van der Waals surface area (Å²) in [5, 5.41) is 19.3. The fraction of sp³-hybridized carbons (Fsp3) is 0.0769. The van der Waals surface area contributed by atoms with Gasteiger partial charge in [-0.15, -0.1) is 18.3 Å². The molecule has 0 aliphatic heterocycles. The Morgan fingerprint density at radius 3 is 2.65 bits per heavy atom. The van der Waals surface area contributed by atoms with Gasteiger partial charge in [0, 0.05) is 11.6 Å². The molecule has 0 unspecified atom stereocenters. The average molecular weight is 324 g/mol. The minimum Gasteiger partial charge on any atom is -0.476 e. The Bertz CT molecular complexity index is 892. The third kappa shape index (κ3) is 3.05. The number of aromatic amines is 1. The molecule has 0 saturated carbocycles. The van der Waals surface area contributed by atoms with Crippen molar-refractivity contribution in [3.63, 3.8) is 0 Å². The van der Waals surface area contributed by atoms with Crippen LogP contribution in [0.1, 0.15) is 10.5 Å². The molecule has 0 spiro atoms. The maximum Gasteiger partial charge on any atom is 0.573 e. The second-order valence-corrected chi connectivity index (χ2v) is 4.45. The Labute approximate surface area is 125 Å². The van der Waals surface area contributed by atoms with Gasteiger partial charge in [0.15, 0.2) is 5.69 Å². The molecule has 0 aliphatic carbocycles. The highest BCUT2D eigenvalue weighted by Crippen LogP contribution is 2.28. The highest BCUT2D eigenvalue weighted by molar-refractivity contribution is 5.93. The second-order valence-electron chi connectivity index (χ2n) is 4.45. The van der Waals surface area contributed by atoms with E-state index in [9.17, 15) is 18.0 Å². The summed E-state index contributed by atoms with van der Waals surface area (Å²) < 4.78 is 40.6. The number of benzene rings is 1. The molecule has 118 valence electrons. The van der Waals surface area contributed by atoms with Crippen LogP contribution in [-0.4, -0.2) is 37.8 Å². The number of carboxylic acids is 1. The first-order valence-corrected chi connectivity index (χ1v) is 6.13. The Hall–Kier alpha value is -3.17. The summed E-state index contributed by atoms with van der Waals surface area (Å²) in [6.45, 7) is 0. The number of hydrogen-bond donors (Lipinski definition) is 2. The molecule has 1 aromatic carbocycles. The van der Waals surface area contributed by atoms with Gasteiger partial charge in [0.05, 0.1) is 5.69 Å². The number of nitrogens with one attached hydrogen (secondary N) is 1. The topological polar surface area (TPSA) is 101 Å². The molecule has 3 aromatic rings. The summed E-state index contributed by atoms with van der Waals surface area (Å²) in [6.07, 6.45) is -3.41. The van der Waals surface area contributed by atoms with Crippen molar-refractivity contribution in [2.75, 3.05) is 0 Å². The van der Waals surface area contributed by atoms with E-state index in [0.29, 0.717) is 10.8 Å². The summed E-state index contributed by atoms with van der Waals surface area (Å²) in [5.74, 6) is -1.69. The van der Waals surface area contributed by atoms with Crippen molar-refractivity contribution < 1.29 is 27.8 Å². The largest absolute Gasteiger partial charge is 0.573 e. The summed E-state index contributed by atoms with van der Waals surface area (Å²) in [4.78, 5) is 15.1. The van der Waals surface area contributed by atoms with Crippen molar-refractivity contribution in [2.24, 2.45) is 0 Å². The first-order chi connectivity index (χ1) is 10.8. The summed E-state index contributed by atoms with van der Waals surface area (Å²) in [5.41, 5.74) is -0.186. The fourth-order valence-corrected chi connectivity index (χ4v) is 2.00. The molecule has 23 heavy (non-hydrogen) atoms. The van der Waals surface area contributed by atoms with Gasteiger partial charge in [-0.25, -0.2) is 4.79 Å². The number of alkyl halides is 3. The van der Waals surface area contributed by atoms with E-state index in [1.807, 2.05) is 0 Å². The predicted octanol–water partition coefficient (Wildman–Crippen LogP) is 2.62. The highest BCUT2D eigenvalue weighted by Gasteiger charge is 2.31. The van der Waals surface area contributed by atoms with E-state index in [1.165, 1.54) is 24.4 Å². The van der Waals surface area contributed by atoms with Gasteiger partial charge in [-0.1, -0.05) is 0 Å². The van der Waals surface area contributed by atoms with E-state index in [2.05, 4.69) is 25.1 Å². The Kier molecular flexibility index (Phi) is 3.36. The van der Waals surface area contributed by atoms with Gasteiger partial charge in [0.25, 0.3) is 0 Å². The summed E-state index contributed by atoms with van der Waals surface area (Å²) in [7, 11) is 0. The number of aromatic carboxylic acids is 1. The molecule has 0 amide bonds. The van der Waals surface area contributed by atoms with Gasteiger partial charge < -0.3 is 9.84 Å². The van der Waals surface area contributed by atoms with Gasteiger partial charge in [-0.05, 0) is 29.7 Å². The van der Waals surface area contributed by atoms with Crippen LogP contribution in [0.3, 0.4) is 0 Å². The highest BCUT2D eigenvalue weighted by atomic mass is 19.4. The number of H-pyrrole nitrogens is 1. The molecule has 10 heteroatoms. The smallest absolute Gasteiger partial charge is 0.476 e. The Balaban J connectivity index is 2.06. The third-order valence-corrected chi connectivity index (χ3v) is 2.92. The van der Waals surface area contributed by atoms with Gasteiger partial charge in [-0.2, -0.15) is 10.3 Å². The van der Waals surface area contributed by atoms with Crippen LogP contribution >= 0.6 is 0 Å². The van der Waals surface area contributed by atoms with E-state index >= 15 is 0 Å². The zero-order valence-electron chi connectivity index (χ0n) is 11.1. The average Bonchev–Trinajstić information content (AvgIpc) is 2.94. The molecular weight excluding hydrogens is 317 g/mol. The van der Waals surface area contributed by atoms with Crippen LogP contribution in [0.15, 0.2) is 30.5 Å². The van der Waals surface area contributed by atoms with Gasteiger partial charge in [-0.3, -0.25) is 4.98 Å². The van der Waals surface area contributed by atoms with Crippen LogP contribution in [0.25, 0.3) is 22.2 Å². The maximum atomic E-state index is 12.3. The Morgan fingerprint density at radius 1 is 1.17 bits per heavy atom. The lowest BCUT2D eigenvalue weighted by Crippen LogP contribution is -2.16. The van der Waals surface area contributed by atoms with Crippen LogP contribution in [0.2, 0.25) is 0 Å². The van der Waals surface area contributed by atoms with Crippen LogP contribution in [0.5, 0.6) is 5.75 Å². The number of aromatic nitrogens is 4. The van der Waals surface area contributed by atoms with E-state index in [-0.39, 0.29) is 22.8 Å². The van der Waals surface area contributed by atoms with Crippen molar-refractivity contribution in [1.82, 2.24) is 20.4 Å². The normalized spacial score (nSPS) is 11.6. The minimum absolute atomic E-state index is 0.0125. The zero-order chi connectivity index (χ0) is 16.6. The van der Waals surface area contributed by atoms with Crippen molar-refractivity contribution in [1.29, 1.82) is 0 Å². The number of nitrogens with zero attached hydrogens (tertiary/aromatic N) is 3. The number of carboxylic acid groups (broad SMARTS) is 1. The van der Waals surface area contributed by atoms with Crippen molar-refractivity contribution in [3.8, 4) is 17.1 Å². The molecule has 0 saturated heterocycles. The molecule has 2 aromatic heterocycles. The lowest BCUT2D eigenvalue weighted by molar-refractivity contribution is -0.274. The number of fused-ring (bicyclic) bond motifs is 1. The number of rotatable bonds is 3. The van der Waals surface area contributed by atoms with E-state index in [4.69, 9.17) is 5.11 Å². The molecule has 2 N–H and O–H groups in total. The molecule has 0 fully saturated rings. The molecule has 2 heterocycles. The zero-order valence-corrected chi connectivity index (χ0v) is 11.1. The van der Waals surface area contributed by atoms with E-state index in [1.54, 1.807) is 0 Å². The molecular formula is C13H7F3N4O3. The molecule has 3 rings (SSSR count). The first-order valence-electron chi connectivity index (χ1n) is 6.13.